The minimum atomic E-state index is 1.21. The lowest BCUT2D eigenvalue weighted by Crippen LogP contribution is -2.00. The zero-order valence-corrected chi connectivity index (χ0v) is 23.6. The van der Waals surface area contributed by atoms with Gasteiger partial charge < -0.3 is 0 Å². The maximum atomic E-state index is 2.26. The molecule has 0 spiro atoms. The van der Waals surface area contributed by atoms with Crippen LogP contribution in [0.25, 0.3) is 16.8 Å². The standard InChI is InChI=1S/C10H12.C10H10.C10H8.3C2H6/c3*1-2-6-10-8-4-3-7-9(10)5-1;3*1-2/h1-2,5-6H,3-4,7-8H2;1-3,5-7H,4,8H2;1-8H;3*1-2H3. The maximum Gasteiger partial charge on any atom is -0.0184 e. The minimum absolute atomic E-state index is 1.21. The number of hydrogen-bond donors (Lipinski definition) is 0. The van der Waals surface area contributed by atoms with Crippen molar-refractivity contribution in [2.45, 2.75) is 80.1 Å². The molecule has 0 aromatic heterocycles. The number of hydrogen-bond acceptors (Lipinski definition) is 0. The van der Waals surface area contributed by atoms with Crippen molar-refractivity contribution in [3.8, 4) is 0 Å². The van der Waals surface area contributed by atoms with E-state index in [4.69, 9.17) is 0 Å². The lowest BCUT2D eigenvalue weighted by atomic mass is 9.92. The summed E-state index contributed by atoms with van der Waals surface area (Å²) in [5, 5.41) is 2.62. The molecule has 192 valence electrons. The fourth-order valence-electron chi connectivity index (χ4n) is 4.18. The van der Waals surface area contributed by atoms with Crippen LogP contribution in [-0.4, -0.2) is 0 Å². The highest BCUT2D eigenvalue weighted by Crippen LogP contribution is 2.20. The molecule has 2 aliphatic carbocycles. The summed E-state index contributed by atoms with van der Waals surface area (Å²) in [6.45, 7) is 12.0. The first-order valence-electron chi connectivity index (χ1n) is 14.2. The van der Waals surface area contributed by atoms with Crippen molar-refractivity contribution in [3.63, 3.8) is 0 Å². The molecule has 0 saturated heterocycles. The zero-order valence-electron chi connectivity index (χ0n) is 23.6. The molecule has 0 amide bonds. The highest BCUT2D eigenvalue weighted by atomic mass is 14.1. The van der Waals surface area contributed by atoms with Crippen molar-refractivity contribution >= 4 is 16.8 Å². The maximum absolute atomic E-state index is 2.26. The Morgan fingerprint density at radius 1 is 0.417 bits per heavy atom. The van der Waals surface area contributed by atoms with E-state index in [1.54, 1.807) is 11.1 Å². The Morgan fingerprint density at radius 3 is 1.25 bits per heavy atom. The summed E-state index contributed by atoms with van der Waals surface area (Å²) in [5.74, 6) is 0. The molecule has 36 heavy (non-hydrogen) atoms. The SMILES string of the molecule is C1=Cc2ccccc2CC1.CC.CC.CC.c1ccc2c(c1)CCCC2.c1ccc2ccccc2c1. The Bertz CT molecular complexity index is 1010. The summed E-state index contributed by atoms with van der Waals surface area (Å²) in [5.41, 5.74) is 6.04. The van der Waals surface area contributed by atoms with E-state index in [0.717, 1.165) is 0 Å². The molecule has 0 heteroatoms. The van der Waals surface area contributed by atoms with Crippen LogP contribution >= 0.6 is 0 Å². The molecular weight excluding hydrogens is 432 g/mol. The molecule has 4 aromatic rings. The first-order valence-corrected chi connectivity index (χ1v) is 14.2. The van der Waals surface area contributed by atoms with Crippen molar-refractivity contribution in [3.05, 3.63) is 125 Å². The van der Waals surface area contributed by atoms with Crippen molar-refractivity contribution in [2.75, 3.05) is 0 Å². The van der Waals surface area contributed by atoms with Crippen LogP contribution in [0.15, 0.2) is 103 Å². The predicted octanol–water partition coefficient (Wildman–Crippen LogP) is 11.1. The van der Waals surface area contributed by atoms with E-state index in [0.29, 0.717) is 0 Å². The zero-order chi connectivity index (χ0) is 26.4. The van der Waals surface area contributed by atoms with Gasteiger partial charge in [0.05, 0.1) is 0 Å². The van der Waals surface area contributed by atoms with Crippen LogP contribution in [0, 0.1) is 0 Å². The number of allylic oxidation sites excluding steroid dienone is 1. The van der Waals surface area contributed by atoms with E-state index in [1.165, 1.54) is 60.4 Å². The van der Waals surface area contributed by atoms with E-state index in [1.807, 2.05) is 41.5 Å². The summed E-state index contributed by atoms with van der Waals surface area (Å²) in [6.07, 6.45) is 12.2. The predicted molar refractivity (Wildman–Crippen MR) is 165 cm³/mol. The topological polar surface area (TPSA) is 0 Å². The van der Waals surface area contributed by atoms with Gasteiger partial charge in [0.15, 0.2) is 0 Å². The van der Waals surface area contributed by atoms with Gasteiger partial charge in [-0.05, 0) is 71.6 Å². The first kappa shape index (κ1) is 30.9. The Hall–Kier alpha value is -3.12. The van der Waals surface area contributed by atoms with Crippen molar-refractivity contribution < 1.29 is 0 Å². The molecule has 0 fully saturated rings. The van der Waals surface area contributed by atoms with Gasteiger partial charge in [-0.2, -0.15) is 0 Å². The normalized spacial score (nSPS) is 11.9. The third kappa shape index (κ3) is 10.6. The fourth-order valence-corrected chi connectivity index (χ4v) is 4.18. The van der Waals surface area contributed by atoms with Crippen molar-refractivity contribution in [1.82, 2.24) is 0 Å². The van der Waals surface area contributed by atoms with Crippen LogP contribution in [0.2, 0.25) is 0 Å². The molecule has 0 N–H and O–H groups in total. The third-order valence-electron chi connectivity index (χ3n) is 5.85. The van der Waals surface area contributed by atoms with Gasteiger partial charge in [0.2, 0.25) is 0 Å². The summed E-state index contributed by atoms with van der Waals surface area (Å²) in [6, 6.07) is 34.1. The third-order valence-corrected chi connectivity index (χ3v) is 5.85. The molecule has 0 radical (unpaired) electrons. The van der Waals surface area contributed by atoms with Gasteiger partial charge in [-0.3, -0.25) is 0 Å². The van der Waals surface area contributed by atoms with Crippen LogP contribution in [0.5, 0.6) is 0 Å². The smallest absolute Gasteiger partial charge is 0.0184 e. The molecule has 0 aliphatic heterocycles. The molecule has 0 unspecified atom stereocenters. The van der Waals surface area contributed by atoms with E-state index in [9.17, 15) is 0 Å². The van der Waals surface area contributed by atoms with E-state index >= 15 is 0 Å². The Labute approximate surface area is 222 Å². The molecule has 0 heterocycles. The average molecular weight is 481 g/mol. The van der Waals surface area contributed by atoms with Gasteiger partial charge in [0.1, 0.15) is 0 Å². The largest absolute Gasteiger partial charge is 0.0836 e. The van der Waals surface area contributed by atoms with Crippen LogP contribution in [0.4, 0.5) is 0 Å². The molecule has 2 aliphatic rings. The van der Waals surface area contributed by atoms with Gasteiger partial charge >= 0.3 is 0 Å². The Kier molecular flexibility index (Phi) is 17.3. The highest BCUT2D eigenvalue weighted by Gasteiger charge is 2.06. The van der Waals surface area contributed by atoms with E-state index in [2.05, 4.69) is 109 Å². The number of benzene rings is 4. The summed E-state index contributed by atoms with van der Waals surface area (Å²) in [7, 11) is 0. The highest BCUT2D eigenvalue weighted by molar-refractivity contribution is 5.82. The second-order valence-electron chi connectivity index (χ2n) is 7.96. The lowest BCUT2D eigenvalue weighted by molar-refractivity contribution is 0.685. The molecule has 0 saturated carbocycles. The monoisotopic (exact) mass is 480 g/mol. The Morgan fingerprint density at radius 2 is 0.806 bits per heavy atom. The number of aryl methyl sites for hydroxylation is 3. The second kappa shape index (κ2) is 20.1. The number of rotatable bonds is 0. The molecule has 0 bridgehead atoms. The summed E-state index contributed by atoms with van der Waals surface area (Å²) >= 11 is 0. The molecular formula is C36H48. The van der Waals surface area contributed by atoms with Gasteiger partial charge in [-0.15, -0.1) is 0 Å². The van der Waals surface area contributed by atoms with Crippen LogP contribution < -0.4 is 0 Å². The van der Waals surface area contributed by atoms with Crippen LogP contribution in [0.3, 0.4) is 0 Å². The first-order chi connectivity index (χ1) is 17.9. The molecule has 0 atom stereocenters. The summed E-state index contributed by atoms with van der Waals surface area (Å²) < 4.78 is 0. The minimum Gasteiger partial charge on any atom is -0.0836 e. The Balaban J connectivity index is 0.000000244. The molecule has 0 nitrogen and oxygen atoms in total. The quantitative estimate of drug-likeness (QED) is 0.235. The van der Waals surface area contributed by atoms with E-state index in [-0.39, 0.29) is 0 Å². The van der Waals surface area contributed by atoms with Gasteiger partial charge in [0, 0.05) is 0 Å². The van der Waals surface area contributed by atoms with Crippen LogP contribution in [0.1, 0.15) is 83.1 Å². The summed E-state index contributed by atoms with van der Waals surface area (Å²) in [4.78, 5) is 0. The van der Waals surface area contributed by atoms with Gasteiger partial charge in [0.25, 0.3) is 0 Å². The number of fused-ring (bicyclic) bond motifs is 3. The average Bonchev–Trinajstić information content (AvgIpc) is 3.01. The van der Waals surface area contributed by atoms with Gasteiger partial charge in [-0.1, -0.05) is 151 Å². The fraction of sp³-hybridized carbons (Fsp3) is 0.333. The van der Waals surface area contributed by atoms with Crippen molar-refractivity contribution in [2.24, 2.45) is 0 Å². The second-order valence-corrected chi connectivity index (χ2v) is 7.96. The lowest BCUT2D eigenvalue weighted by Gasteiger charge is -2.13. The molecule has 4 aromatic carbocycles. The van der Waals surface area contributed by atoms with Crippen molar-refractivity contribution in [1.29, 1.82) is 0 Å². The van der Waals surface area contributed by atoms with Crippen LogP contribution in [-0.2, 0) is 19.3 Å². The molecule has 6 rings (SSSR count). The van der Waals surface area contributed by atoms with E-state index < -0.39 is 0 Å². The van der Waals surface area contributed by atoms with Gasteiger partial charge in [-0.25, -0.2) is 0 Å².